The number of alkyl carbamates (subject to hydrolysis) is 1. The Morgan fingerprint density at radius 1 is 1.45 bits per heavy atom. The average Bonchev–Trinajstić information content (AvgIpc) is 2.28. The van der Waals surface area contributed by atoms with Gasteiger partial charge in [0.25, 0.3) is 0 Å². The highest BCUT2D eigenvalue weighted by Crippen LogP contribution is 2.19. The molecule has 0 aliphatic rings. The van der Waals surface area contributed by atoms with Crippen LogP contribution in [-0.2, 0) is 4.74 Å². The molecule has 1 aromatic carbocycles. The first kappa shape index (κ1) is 15.9. The third-order valence-electron chi connectivity index (χ3n) is 2.19. The maximum atomic E-state index is 13.8. The summed E-state index contributed by atoms with van der Waals surface area (Å²) in [5.74, 6) is -1.79. The van der Waals surface area contributed by atoms with Gasteiger partial charge in [0.1, 0.15) is 29.5 Å². The van der Waals surface area contributed by atoms with Crippen LogP contribution >= 0.6 is 0 Å². The summed E-state index contributed by atoms with van der Waals surface area (Å²) in [5.41, 5.74) is 4.02. The Balaban J connectivity index is 2.94. The number of halogens is 2. The van der Waals surface area contributed by atoms with Crippen LogP contribution < -0.4 is 11.1 Å². The van der Waals surface area contributed by atoms with E-state index in [9.17, 15) is 13.6 Å². The minimum atomic E-state index is -1.33. The predicted molar refractivity (Wildman–Crippen MR) is 67.4 cm³/mol. The van der Waals surface area contributed by atoms with E-state index >= 15 is 0 Å². The molecule has 0 saturated carbocycles. The number of nitrogens with zero attached hydrogens (tertiary/aromatic N) is 1. The number of nitrogens with two attached hydrogens (primary N) is 1. The highest BCUT2D eigenvalue weighted by molar-refractivity contribution is 5.68. The molecule has 0 fully saturated rings. The number of carbonyl (C=O) groups is 1. The van der Waals surface area contributed by atoms with Gasteiger partial charge in [0.2, 0.25) is 0 Å². The second-order valence-corrected chi connectivity index (χ2v) is 5.09. The van der Waals surface area contributed by atoms with E-state index in [1.165, 1.54) is 6.07 Å². The number of carbonyl (C=O) groups excluding carboxylic acids is 1. The van der Waals surface area contributed by atoms with E-state index in [2.05, 4.69) is 5.32 Å². The van der Waals surface area contributed by atoms with Crippen LogP contribution in [0.3, 0.4) is 0 Å². The zero-order valence-electron chi connectivity index (χ0n) is 11.3. The Bertz CT molecular complexity index is 562. The van der Waals surface area contributed by atoms with Gasteiger partial charge < -0.3 is 15.8 Å². The number of hydrogen-bond donors (Lipinski definition) is 2. The molecule has 0 bridgehead atoms. The number of hydrogen-bond acceptors (Lipinski definition) is 4. The van der Waals surface area contributed by atoms with Gasteiger partial charge in [-0.2, -0.15) is 5.26 Å². The minimum absolute atomic E-state index is 0.326. The van der Waals surface area contributed by atoms with Crippen LogP contribution in [0, 0.1) is 23.0 Å². The first-order valence-corrected chi connectivity index (χ1v) is 5.78. The Morgan fingerprint density at radius 3 is 2.55 bits per heavy atom. The molecule has 1 amide bonds. The molecule has 7 heteroatoms. The van der Waals surface area contributed by atoms with Crippen molar-refractivity contribution in [2.24, 2.45) is 5.73 Å². The van der Waals surface area contributed by atoms with Gasteiger partial charge in [-0.05, 0) is 32.9 Å². The largest absolute Gasteiger partial charge is 0.444 e. The average molecular weight is 283 g/mol. The molecule has 0 heterocycles. The SMILES string of the molecule is CC(C)(C)OC(=O)N[C@H](N)c1cc(F)cc(C#N)c1F. The number of benzene rings is 1. The minimum Gasteiger partial charge on any atom is -0.444 e. The van der Waals surface area contributed by atoms with E-state index < -0.39 is 35.1 Å². The molecule has 20 heavy (non-hydrogen) atoms. The van der Waals surface area contributed by atoms with Crippen molar-refractivity contribution in [2.75, 3.05) is 0 Å². The van der Waals surface area contributed by atoms with Crippen molar-refractivity contribution in [3.63, 3.8) is 0 Å². The second kappa shape index (κ2) is 5.84. The predicted octanol–water partition coefficient (Wildman–Crippen LogP) is 2.32. The quantitative estimate of drug-likeness (QED) is 0.815. The highest BCUT2D eigenvalue weighted by atomic mass is 19.1. The lowest BCUT2D eigenvalue weighted by Crippen LogP contribution is -2.38. The summed E-state index contributed by atoms with van der Waals surface area (Å²) >= 11 is 0. The van der Waals surface area contributed by atoms with Gasteiger partial charge in [0, 0.05) is 5.56 Å². The summed E-state index contributed by atoms with van der Waals surface area (Å²) in [7, 11) is 0. The molecule has 1 atom stereocenters. The smallest absolute Gasteiger partial charge is 0.409 e. The van der Waals surface area contributed by atoms with Crippen molar-refractivity contribution in [2.45, 2.75) is 32.5 Å². The first-order valence-electron chi connectivity index (χ1n) is 5.78. The molecule has 108 valence electrons. The van der Waals surface area contributed by atoms with Gasteiger partial charge in [-0.15, -0.1) is 0 Å². The van der Waals surface area contributed by atoms with E-state index in [1.54, 1.807) is 20.8 Å². The summed E-state index contributed by atoms with van der Waals surface area (Å²) in [6, 6.07) is 3.08. The standard InChI is InChI=1S/C13H15F2N3O2/c1-13(2,3)20-12(19)18-11(17)9-5-8(14)4-7(6-16)10(9)15/h4-5,11H,17H2,1-3H3,(H,18,19)/t11-/m0/s1. The molecule has 5 nitrogen and oxygen atoms in total. The van der Waals surface area contributed by atoms with Gasteiger partial charge >= 0.3 is 6.09 Å². The van der Waals surface area contributed by atoms with Crippen LogP contribution in [0.5, 0.6) is 0 Å². The summed E-state index contributed by atoms with van der Waals surface area (Å²) in [4.78, 5) is 11.5. The van der Waals surface area contributed by atoms with E-state index in [0.717, 1.165) is 12.1 Å². The number of ether oxygens (including phenoxy) is 1. The molecule has 0 spiro atoms. The van der Waals surface area contributed by atoms with Crippen LogP contribution in [0.4, 0.5) is 13.6 Å². The number of amides is 1. The summed E-state index contributed by atoms with van der Waals surface area (Å²) < 4.78 is 32.0. The maximum absolute atomic E-state index is 13.8. The summed E-state index contributed by atoms with van der Waals surface area (Å²) in [6.45, 7) is 4.94. The molecular weight excluding hydrogens is 268 g/mol. The molecule has 1 aromatic rings. The fourth-order valence-electron chi connectivity index (χ4n) is 1.43. The fraction of sp³-hybridized carbons (Fsp3) is 0.385. The molecule has 0 radical (unpaired) electrons. The first-order chi connectivity index (χ1) is 9.14. The van der Waals surface area contributed by atoms with Crippen molar-refractivity contribution >= 4 is 6.09 Å². The van der Waals surface area contributed by atoms with E-state index in [-0.39, 0.29) is 5.56 Å². The Morgan fingerprint density at radius 2 is 2.05 bits per heavy atom. The monoisotopic (exact) mass is 283 g/mol. The summed E-state index contributed by atoms with van der Waals surface area (Å²) in [5, 5.41) is 10.8. The molecule has 0 aliphatic heterocycles. The van der Waals surface area contributed by atoms with E-state index in [0.29, 0.717) is 0 Å². The Labute approximate surface area is 115 Å². The topological polar surface area (TPSA) is 88.1 Å². The zero-order valence-corrected chi connectivity index (χ0v) is 11.3. The van der Waals surface area contributed by atoms with Crippen LogP contribution in [0.2, 0.25) is 0 Å². The Kier molecular flexibility index (Phi) is 4.63. The van der Waals surface area contributed by atoms with Crippen molar-refractivity contribution in [1.82, 2.24) is 5.32 Å². The van der Waals surface area contributed by atoms with E-state index in [4.69, 9.17) is 15.7 Å². The number of rotatable bonds is 2. The van der Waals surface area contributed by atoms with Gasteiger partial charge in [-0.1, -0.05) is 0 Å². The van der Waals surface area contributed by atoms with E-state index in [1.807, 2.05) is 0 Å². The van der Waals surface area contributed by atoms with Crippen LogP contribution in [0.1, 0.15) is 38.1 Å². The molecule has 0 saturated heterocycles. The third-order valence-corrected chi connectivity index (χ3v) is 2.19. The van der Waals surface area contributed by atoms with Crippen LogP contribution in [0.15, 0.2) is 12.1 Å². The fourth-order valence-corrected chi connectivity index (χ4v) is 1.43. The van der Waals surface area contributed by atoms with Crippen molar-refractivity contribution in [1.29, 1.82) is 5.26 Å². The summed E-state index contributed by atoms with van der Waals surface area (Å²) in [6.07, 6.45) is -2.19. The van der Waals surface area contributed by atoms with Gasteiger partial charge in [0.15, 0.2) is 0 Å². The second-order valence-electron chi connectivity index (χ2n) is 5.09. The van der Waals surface area contributed by atoms with Crippen molar-refractivity contribution < 1.29 is 18.3 Å². The molecule has 1 rings (SSSR count). The lowest BCUT2D eigenvalue weighted by Gasteiger charge is -2.22. The van der Waals surface area contributed by atoms with Crippen LogP contribution in [0.25, 0.3) is 0 Å². The number of nitriles is 1. The Hall–Kier alpha value is -2.20. The lowest BCUT2D eigenvalue weighted by molar-refractivity contribution is 0.0504. The lowest BCUT2D eigenvalue weighted by atomic mass is 10.1. The van der Waals surface area contributed by atoms with Gasteiger partial charge in [-0.25, -0.2) is 13.6 Å². The van der Waals surface area contributed by atoms with Crippen molar-refractivity contribution in [3.05, 3.63) is 34.9 Å². The zero-order chi connectivity index (χ0) is 15.5. The normalized spacial score (nSPS) is 12.4. The maximum Gasteiger partial charge on any atom is 0.409 e. The van der Waals surface area contributed by atoms with Gasteiger partial charge in [0.05, 0.1) is 5.56 Å². The molecule has 0 aromatic heterocycles. The molecule has 0 unspecified atom stereocenters. The molecule has 0 aliphatic carbocycles. The highest BCUT2D eigenvalue weighted by Gasteiger charge is 2.22. The molecule has 3 N–H and O–H groups in total. The van der Waals surface area contributed by atoms with Gasteiger partial charge in [-0.3, -0.25) is 0 Å². The number of nitrogens with one attached hydrogen (secondary N) is 1. The van der Waals surface area contributed by atoms with Crippen molar-refractivity contribution in [3.8, 4) is 6.07 Å². The molecular formula is C13H15F2N3O2. The van der Waals surface area contributed by atoms with Crippen LogP contribution in [-0.4, -0.2) is 11.7 Å². The third kappa shape index (κ3) is 4.17.